The molecule has 0 heterocycles. The molecule has 0 aromatic heterocycles. The largest absolute Gasteiger partial charge is 0.369 e. The third-order valence-corrected chi connectivity index (χ3v) is 3.49. The fourth-order valence-electron chi connectivity index (χ4n) is 2.00. The zero-order valence-electron chi connectivity index (χ0n) is 11.3. The van der Waals surface area contributed by atoms with E-state index >= 15 is 0 Å². The van der Waals surface area contributed by atoms with Crippen molar-refractivity contribution in [1.82, 2.24) is 0 Å². The number of hydrogen-bond acceptors (Lipinski definition) is 1. The molecule has 17 heavy (non-hydrogen) atoms. The van der Waals surface area contributed by atoms with Crippen molar-refractivity contribution in [2.24, 2.45) is 11.7 Å². The van der Waals surface area contributed by atoms with Crippen LogP contribution in [-0.2, 0) is 16.6 Å². The third kappa shape index (κ3) is 3.09. The molecule has 1 aromatic rings. The second kappa shape index (κ2) is 5.35. The van der Waals surface area contributed by atoms with Crippen LogP contribution >= 0.6 is 0 Å². The summed E-state index contributed by atoms with van der Waals surface area (Å²) >= 11 is 0. The van der Waals surface area contributed by atoms with Crippen LogP contribution in [0.2, 0.25) is 0 Å². The quantitative estimate of drug-likeness (QED) is 0.834. The van der Waals surface area contributed by atoms with E-state index in [2.05, 4.69) is 26.0 Å². The number of benzene rings is 1. The van der Waals surface area contributed by atoms with Gasteiger partial charge in [-0.25, -0.2) is 0 Å². The smallest absolute Gasteiger partial charge is 0.227 e. The Morgan fingerprint density at radius 1 is 1.29 bits per heavy atom. The van der Waals surface area contributed by atoms with Crippen LogP contribution in [0, 0.1) is 5.92 Å². The summed E-state index contributed by atoms with van der Waals surface area (Å²) in [6.07, 6.45) is 1.80. The van der Waals surface area contributed by atoms with E-state index < -0.39 is 5.41 Å². The molecule has 0 fully saturated rings. The molecule has 0 bridgehead atoms. The summed E-state index contributed by atoms with van der Waals surface area (Å²) in [5.41, 5.74) is 7.27. The lowest BCUT2D eigenvalue weighted by Crippen LogP contribution is -2.37. The number of hydrogen-bond donors (Lipinski definition) is 1. The first-order chi connectivity index (χ1) is 7.90. The summed E-state index contributed by atoms with van der Waals surface area (Å²) in [5, 5.41) is 0. The Morgan fingerprint density at radius 2 is 1.82 bits per heavy atom. The van der Waals surface area contributed by atoms with Crippen molar-refractivity contribution in [3.8, 4) is 0 Å². The van der Waals surface area contributed by atoms with E-state index in [1.807, 2.05) is 26.0 Å². The molecule has 1 rings (SSSR count). The minimum atomic E-state index is -0.545. The highest BCUT2D eigenvalue weighted by molar-refractivity contribution is 5.86. The number of carbonyl (C=O) groups excluding carboxylic acids is 1. The monoisotopic (exact) mass is 233 g/mol. The molecule has 0 spiro atoms. The van der Waals surface area contributed by atoms with Gasteiger partial charge in [-0.1, -0.05) is 45.0 Å². The van der Waals surface area contributed by atoms with Crippen LogP contribution in [0.4, 0.5) is 0 Å². The minimum Gasteiger partial charge on any atom is -0.369 e. The van der Waals surface area contributed by atoms with E-state index in [1.165, 1.54) is 5.56 Å². The second-order valence-corrected chi connectivity index (χ2v) is 5.34. The fourth-order valence-corrected chi connectivity index (χ4v) is 2.00. The van der Waals surface area contributed by atoms with Gasteiger partial charge < -0.3 is 5.73 Å². The van der Waals surface area contributed by atoms with Gasteiger partial charge in [-0.05, 0) is 36.8 Å². The standard InChI is InChI=1S/C15H23NO/c1-5-15(4,14(16)17)13-8-6-12(7-9-13)10-11(2)3/h6-9,11H,5,10H2,1-4H3,(H2,16,17). The van der Waals surface area contributed by atoms with E-state index in [4.69, 9.17) is 5.73 Å². The molecule has 2 N–H and O–H groups in total. The van der Waals surface area contributed by atoms with E-state index in [9.17, 15) is 4.79 Å². The first kappa shape index (κ1) is 13.8. The Morgan fingerprint density at radius 3 is 2.18 bits per heavy atom. The van der Waals surface area contributed by atoms with Crippen molar-refractivity contribution < 1.29 is 4.79 Å². The van der Waals surface area contributed by atoms with Crippen LogP contribution in [0.1, 0.15) is 45.2 Å². The van der Waals surface area contributed by atoms with Crippen LogP contribution in [0.15, 0.2) is 24.3 Å². The second-order valence-electron chi connectivity index (χ2n) is 5.34. The highest BCUT2D eigenvalue weighted by Gasteiger charge is 2.30. The highest BCUT2D eigenvalue weighted by atomic mass is 16.1. The van der Waals surface area contributed by atoms with Crippen LogP contribution in [0.25, 0.3) is 0 Å². The average Bonchev–Trinajstić information content (AvgIpc) is 2.28. The lowest BCUT2D eigenvalue weighted by atomic mass is 9.79. The van der Waals surface area contributed by atoms with Crippen LogP contribution < -0.4 is 5.73 Å². The van der Waals surface area contributed by atoms with Crippen molar-refractivity contribution in [3.05, 3.63) is 35.4 Å². The van der Waals surface area contributed by atoms with Crippen molar-refractivity contribution >= 4 is 5.91 Å². The molecule has 1 aromatic carbocycles. The van der Waals surface area contributed by atoms with Gasteiger partial charge in [-0.15, -0.1) is 0 Å². The summed E-state index contributed by atoms with van der Waals surface area (Å²) in [5.74, 6) is 0.395. The summed E-state index contributed by atoms with van der Waals surface area (Å²) in [6.45, 7) is 8.31. The maximum atomic E-state index is 11.5. The number of amides is 1. The molecule has 0 aliphatic carbocycles. The summed E-state index contributed by atoms with van der Waals surface area (Å²) < 4.78 is 0. The van der Waals surface area contributed by atoms with E-state index in [0.717, 1.165) is 18.4 Å². The normalized spacial score (nSPS) is 14.6. The van der Waals surface area contributed by atoms with Gasteiger partial charge >= 0.3 is 0 Å². The lowest BCUT2D eigenvalue weighted by Gasteiger charge is -2.25. The highest BCUT2D eigenvalue weighted by Crippen LogP contribution is 2.27. The molecule has 0 saturated carbocycles. The Hall–Kier alpha value is -1.31. The summed E-state index contributed by atoms with van der Waals surface area (Å²) in [4.78, 5) is 11.5. The predicted octanol–water partition coefficient (Wildman–Crippen LogP) is 3.04. The van der Waals surface area contributed by atoms with Crippen molar-refractivity contribution in [2.75, 3.05) is 0 Å². The van der Waals surface area contributed by atoms with Gasteiger partial charge in [0.25, 0.3) is 0 Å². The van der Waals surface area contributed by atoms with Crippen molar-refractivity contribution in [2.45, 2.75) is 46.0 Å². The van der Waals surface area contributed by atoms with E-state index in [1.54, 1.807) is 0 Å². The zero-order chi connectivity index (χ0) is 13.1. The van der Waals surface area contributed by atoms with Gasteiger partial charge in [0.1, 0.15) is 0 Å². The topological polar surface area (TPSA) is 43.1 Å². The minimum absolute atomic E-state index is 0.253. The molecule has 1 atom stereocenters. The maximum Gasteiger partial charge on any atom is 0.227 e. The van der Waals surface area contributed by atoms with E-state index in [-0.39, 0.29) is 5.91 Å². The van der Waals surface area contributed by atoms with E-state index in [0.29, 0.717) is 5.92 Å². The van der Waals surface area contributed by atoms with Gasteiger partial charge in [0, 0.05) is 0 Å². The molecule has 2 nitrogen and oxygen atoms in total. The first-order valence-electron chi connectivity index (χ1n) is 6.29. The maximum absolute atomic E-state index is 11.5. The van der Waals surface area contributed by atoms with Gasteiger partial charge in [-0.2, -0.15) is 0 Å². The zero-order valence-corrected chi connectivity index (χ0v) is 11.3. The average molecular weight is 233 g/mol. The first-order valence-corrected chi connectivity index (χ1v) is 6.29. The number of carbonyl (C=O) groups is 1. The molecule has 94 valence electrons. The van der Waals surface area contributed by atoms with Crippen LogP contribution in [0.5, 0.6) is 0 Å². The lowest BCUT2D eigenvalue weighted by molar-refractivity contribution is -0.123. The summed E-state index contributed by atoms with van der Waals surface area (Å²) in [7, 11) is 0. The number of primary amides is 1. The van der Waals surface area contributed by atoms with Gasteiger partial charge in [0.2, 0.25) is 5.91 Å². The molecule has 0 aliphatic heterocycles. The Bertz CT molecular complexity index is 380. The Kier molecular flexibility index (Phi) is 4.33. The Labute approximate surface area is 104 Å². The SMILES string of the molecule is CCC(C)(C(N)=O)c1ccc(CC(C)C)cc1. The molecule has 0 aliphatic rings. The molecule has 2 heteroatoms. The predicted molar refractivity (Wildman–Crippen MR) is 71.8 cm³/mol. The molecule has 0 radical (unpaired) electrons. The van der Waals surface area contributed by atoms with Crippen LogP contribution in [-0.4, -0.2) is 5.91 Å². The Balaban J connectivity index is 2.97. The molecular formula is C15H23NO. The molecule has 1 unspecified atom stereocenters. The van der Waals surface area contributed by atoms with Crippen molar-refractivity contribution in [3.63, 3.8) is 0 Å². The molecular weight excluding hydrogens is 210 g/mol. The van der Waals surface area contributed by atoms with Gasteiger partial charge in [-0.3, -0.25) is 4.79 Å². The number of nitrogens with two attached hydrogens (primary N) is 1. The van der Waals surface area contributed by atoms with Crippen molar-refractivity contribution in [1.29, 1.82) is 0 Å². The van der Waals surface area contributed by atoms with Gasteiger partial charge in [0.05, 0.1) is 5.41 Å². The van der Waals surface area contributed by atoms with Gasteiger partial charge in [0.15, 0.2) is 0 Å². The van der Waals surface area contributed by atoms with Crippen LogP contribution in [0.3, 0.4) is 0 Å². The summed E-state index contributed by atoms with van der Waals surface area (Å²) in [6, 6.07) is 8.27. The molecule has 1 amide bonds. The fraction of sp³-hybridized carbons (Fsp3) is 0.533. The molecule has 0 saturated heterocycles. The third-order valence-electron chi connectivity index (χ3n) is 3.49. The number of rotatable bonds is 5.